The van der Waals surface area contributed by atoms with Crippen LogP contribution in [0.2, 0.25) is 0 Å². The summed E-state index contributed by atoms with van der Waals surface area (Å²) in [4.78, 5) is 47.3. The van der Waals surface area contributed by atoms with Crippen LogP contribution in [0, 0.1) is 10.1 Å². The van der Waals surface area contributed by atoms with Crippen molar-refractivity contribution in [2.24, 2.45) is 0 Å². The van der Waals surface area contributed by atoms with Crippen molar-refractivity contribution in [3.05, 3.63) is 63.4 Å². The van der Waals surface area contributed by atoms with Crippen molar-refractivity contribution in [2.45, 2.75) is 0 Å². The molecule has 1 N–H and O–H groups in total. The molecule has 1 aliphatic heterocycles. The molecule has 0 saturated carbocycles. The van der Waals surface area contributed by atoms with E-state index in [2.05, 4.69) is 5.32 Å². The molecule has 3 rings (SSSR count). The Morgan fingerprint density at radius 2 is 2.00 bits per heavy atom. The highest BCUT2D eigenvalue weighted by Crippen LogP contribution is 2.32. The maximum absolute atomic E-state index is 12.3. The number of carbonyl (C=O) groups excluding carboxylic acids is 3. The number of rotatable bonds is 5. The van der Waals surface area contributed by atoms with Gasteiger partial charge >= 0.3 is 0 Å². The highest BCUT2D eigenvalue weighted by Gasteiger charge is 2.36. The summed E-state index contributed by atoms with van der Waals surface area (Å²) in [5, 5.41) is 12.5. The van der Waals surface area contributed by atoms with Crippen LogP contribution in [-0.4, -0.2) is 33.4 Å². The molecule has 2 heterocycles. The number of non-ortho nitro benzene ring substituents is 1. The Morgan fingerprint density at radius 3 is 2.62 bits per heavy atom. The van der Waals surface area contributed by atoms with Gasteiger partial charge in [-0.25, -0.2) is 0 Å². The van der Waals surface area contributed by atoms with Crippen LogP contribution >= 0.6 is 11.8 Å². The van der Waals surface area contributed by atoms with Crippen molar-refractivity contribution in [3.8, 4) is 0 Å². The van der Waals surface area contributed by atoms with Crippen LogP contribution < -0.4 is 5.32 Å². The van der Waals surface area contributed by atoms with Crippen molar-refractivity contribution in [1.29, 1.82) is 0 Å². The average Bonchev–Trinajstić information content (AvgIpc) is 3.20. The van der Waals surface area contributed by atoms with E-state index in [-0.39, 0.29) is 10.6 Å². The van der Waals surface area contributed by atoms with Gasteiger partial charge in [0.1, 0.15) is 12.3 Å². The van der Waals surface area contributed by atoms with Crippen molar-refractivity contribution < 1.29 is 23.7 Å². The minimum Gasteiger partial charge on any atom is -0.465 e. The SMILES string of the molecule is O=C(CN1C(=O)S/C(=C/c2ccco2)C1=O)Nc1ccc([N+](=O)[O-])cc1. The Labute approximate surface area is 150 Å². The Morgan fingerprint density at radius 1 is 1.27 bits per heavy atom. The topological polar surface area (TPSA) is 123 Å². The van der Waals surface area contributed by atoms with Crippen molar-refractivity contribution >= 4 is 46.3 Å². The first-order valence-corrected chi connectivity index (χ1v) is 8.09. The molecule has 0 radical (unpaired) electrons. The second-order valence-corrected chi connectivity index (χ2v) is 6.13. The van der Waals surface area contributed by atoms with Crippen LogP contribution in [-0.2, 0) is 9.59 Å². The Kier molecular flexibility index (Phi) is 4.85. The van der Waals surface area contributed by atoms with Gasteiger partial charge in [0.15, 0.2) is 0 Å². The summed E-state index contributed by atoms with van der Waals surface area (Å²) in [5.74, 6) is -0.763. The van der Waals surface area contributed by atoms with E-state index >= 15 is 0 Å². The summed E-state index contributed by atoms with van der Waals surface area (Å²) in [5.41, 5.74) is 0.204. The number of nitro groups is 1. The van der Waals surface area contributed by atoms with E-state index in [4.69, 9.17) is 4.42 Å². The first-order valence-electron chi connectivity index (χ1n) is 7.27. The first kappa shape index (κ1) is 17.4. The smallest absolute Gasteiger partial charge is 0.294 e. The number of amides is 3. The monoisotopic (exact) mass is 373 g/mol. The van der Waals surface area contributed by atoms with Gasteiger partial charge in [-0.1, -0.05) is 0 Å². The molecule has 0 unspecified atom stereocenters. The van der Waals surface area contributed by atoms with Crippen LogP contribution in [0.5, 0.6) is 0 Å². The van der Waals surface area contributed by atoms with Gasteiger partial charge in [0.25, 0.3) is 16.8 Å². The minimum atomic E-state index is -0.597. The molecule has 9 nitrogen and oxygen atoms in total. The lowest BCUT2D eigenvalue weighted by Crippen LogP contribution is -2.36. The fraction of sp³-hybridized carbons (Fsp3) is 0.0625. The van der Waals surface area contributed by atoms with Crippen LogP contribution in [0.15, 0.2) is 52.0 Å². The van der Waals surface area contributed by atoms with Crippen LogP contribution in [0.3, 0.4) is 0 Å². The van der Waals surface area contributed by atoms with Crippen molar-refractivity contribution in [3.63, 3.8) is 0 Å². The van der Waals surface area contributed by atoms with E-state index in [1.807, 2.05) is 0 Å². The number of anilines is 1. The zero-order chi connectivity index (χ0) is 18.7. The molecule has 0 spiro atoms. The molecule has 132 valence electrons. The summed E-state index contributed by atoms with van der Waals surface area (Å²) < 4.78 is 5.10. The second-order valence-electron chi connectivity index (χ2n) is 5.14. The molecule has 1 aromatic carbocycles. The molecular weight excluding hydrogens is 362 g/mol. The molecule has 10 heteroatoms. The van der Waals surface area contributed by atoms with E-state index in [1.54, 1.807) is 12.1 Å². The fourth-order valence-corrected chi connectivity index (χ4v) is 2.97. The molecule has 0 atom stereocenters. The van der Waals surface area contributed by atoms with E-state index in [9.17, 15) is 24.5 Å². The lowest BCUT2D eigenvalue weighted by atomic mass is 10.3. The largest absolute Gasteiger partial charge is 0.465 e. The number of nitrogens with zero attached hydrogens (tertiary/aromatic N) is 2. The van der Waals surface area contributed by atoms with Crippen molar-refractivity contribution in [2.75, 3.05) is 11.9 Å². The second kappa shape index (κ2) is 7.23. The third kappa shape index (κ3) is 3.81. The van der Waals surface area contributed by atoms with Gasteiger partial charge in [0.2, 0.25) is 5.91 Å². The molecule has 0 aliphatic carbocycles. The van der Waals surface area contributed by atoms with Crippen LogP contribution in [0.1, 0.15) is 5.76 Å². The zero-order valence-corrected chi connectivity index (χ0v) is 13.9. The van der Waals surface area contributed by atoms with Gasteiger partial charge in [-0.05, 0) is 36.0 Å². The van der Waals surface area contributed by atoms with Crippen molar-refractivity contribution in [1.82, 2.24) is 4.90 Å². The van der Waals surface area contributed by atoms with Crippen LogP contribution in [0.4, 0.5) is 16.2 Å². The lowest BCUT2D eigenvalue weighted by Gasteiger charge is -2.12. The summed E-state index contributed by atoms with van der Waals surface area (Å²) >= 11 is 0.717. The number of hydrogen-bond donors (Lipinski definition) is 1. The molecule has 1 fully saturated rings. The third-order valence-electron chi connectivity index (χ3n) is 3.35. The normalized spacial score (nSPS) is 15.5. The molecule has 1 aromatic heterocycles. The number of benzene rings is 1. The first-order chi connectivity index (χ1) is 12.4. The fourth-order valence-electron chi connectivity index (χ4n) is 2.15. The highest BCUT2D eigenvalue weighted by atomic mass is 32.2. The van der Waals surface area contributed by atoms with Gasteiger partial charge < -0.3 is 9.73 Å². The van der Waals surface area contributed by atoms with Gasteiger partial charge in [-0.2, -0.15) is 0 Å². The quantitative estimate of drug-likeness (QED) is 0.485. The van der Waals surface area contributed by atoms with E-state index in [0.717, 1.165) is 16.7 Å². The molecule has 3 amide bonds. The number of hydrogen-bond acceptors (Lipinski definition) is 7. The number of furan rings is 1. The van der Waals surface area contributed by atoms with Gasteiger partial charge in [0, 0.05) is 23.9 Å². The van der Waals surface area contributed by atoms with E-state index in [0.29, 0.717) is 11.4 Å². The van der Waals surface area contributed by atoms with E-state index < -0.39 is 28.5 Å². The van der Waals surface area contributed by atoms with Gasteiger partial charge in [-0.3, -0.25) is 29.4 Å². The summed E-state index contributed by atoms with van der Waals surface area (Å²) in [6, 6.07) is 8.48. The lowest BCUT2D eigenvalue weighted by molar-refractivity contribution is -0.384. The molecule has 2 aromatic rings. The minimum absolute atomic E-state index is 0.114. The predicted octanol–water partition coefficient (Wildman–Crippen LogP) is 2.86. The Balaban J connectivity index is 1.64. The Bertz CT molecular complexity index is 905. The average molecular weight is 373 g/mol. The van der Waals surface area contributed by atoms with Gasteiger partial charge in [0.05, 0.1) is 16.1 Å². The molecule has 26 heavy (non-hydrogen) atoms. The maximum atomic E-state index is 12.3. The molecular formula is C16H11N3O6S. The number of thioether (sulfide) groups is 1. The standard InChI is InChI=1S/C16H11N3O6S/c20-14(17-10-3-5-11(6-4-10)19(23)24)9-18-15(21)13(26-16(18)22)8-12-2-1-7-25-12/h1-8H,9H2,(H,17,20)/b13-8+. The summed E-state index contributed by atoms with van der Waals surface area (Å²) in [6.45, 7) is -0.461. The third-order valence-corrected chi connectivity index (χ3v) is 4.26. The van der Waals surface area contributed by atoms with Gasteiger partial charge in [-0.15, -0.1) is 0 Å². The predicted molar refractivity (Wildman–Crippen MR) is 93.1 cm³/mol. The maximum Gasteiger partial charge on any atom is 0.294 e. The summed E-state index contributed by atoms with van der Waals surface area (Å²) in [6.07, 6.45) is 2.87. The van der Waals surface area contributed by atoms with E-state index in [1.165, 1.54) is 36.6 Å². The number of nitro benzene ring substituents is 1. The highest BCUT2D eigenvalue weighted by molar-refractivity contribution is 8.18. The number of carbonyl (C=O) groups is 3. The number of nitrogens with one attached hydrogen (secondary N) is 1. The zero-order valence-electron chi connectivity index (χ0n) is 13.1. The molecule has 1 aliphatic rings. The molecule has 0 bridgehead atoms. The number of imide groups is 1. The Hall–Kier alpha value is -3.40. The molecule has 1 saturated heterocycles. The van der Waals surface area contributed by atoms with Crippen LogP contribution in [0.25, 0.3) is 6.08 Å². The summed E-state index contributed by atoms with van der Waals surface area (Å²) in [7, 11) is 0.